The number of hydrogen-bond acceptors (Lipinski definition) is 4. The molecule has 4 aromatic carbocycles. The first-order valence-electron chi connectivity index (χ1n) is 11.6. The zero-order valence-electron chi connectivity index (χ0n) is 19.7. The van der Waals surface area contributed by atoms with Crippen molar-refractivity contribution in [2.24, 2.45) is 0 Å². The summed E-state index contributed by atoms with van der Waals surface area (Å²) in [6.45, 7) is 0.700. The SMILES string of the molecule is O=C(NC(Cc1ccc(OCc2ccccc2)c(OCc2ccccc2)c1)C(=O)O)c1ccccc1. The fourth-order valence-corrected chi connectivity index (χ4v) is 3.65. The summed E-state index contributed by atoms with van der Waals surface area (Å²) in [6.07, 6.45) is 0.0918. The zero-order chi connectivity index (χ0) is 25.2. The van der Waals surface area contributed by atoms with Gasteiger partial charge in [0.1, 0.15) is 19.3 Å². The van der Waals surface area contributed by atoms with Crippen molar-refractivity contribution in [2.45, 2.75) is 25.7 Å². The maximum absolute atomic E-state index is 12.5. The van der Waals surface area contributed by atoms with Crippen molar-refractivity contribution in [1.82, 2.24) is 5.32 Å². The summed E-state index contributed by atoms with van der Waals surface area (Å²) in [5.74, 6) is -0.494. The quantitative estimate of drug-likeness (QED) is 0.305. The standard InChI is InChI=1S/C30H27NO5/c32-29(25-14-8-3-9-15-25)31-26(30(33)34)18-24-16-17-27(35-20-22-10-4-1-5-11-22)28(19-24)36-21-23-12-6-2-7-13-23/h1-17,19,26H,18,20-21H2,(H,31,32)(H,33,34). The first-order chi connectivity index (χ1) is 17.6. The summed E-state index contributed by atoms with van der Waals surface area (Å²) < 4.78 is 12.1. The Morgan fingerprint density at radius 2 is 1.19 bits per heavy atom. The first kappa shape index (κ1) is 24.5. The molecule has 0 aliphatic carbocycles. The molecule has 1 amide bonds. The Balaban J connectivity index is 1.51. The molecule has 2 N–H and O–H groups in total. The molecule has 6 heteroatoms. The number of aliphatic carboxylic acids is 1. The lowest BCUT2D eigenvalue weighted by molar-refractivity contribution is -0.139. The average Bonchev–Trinajstić information content (AvgIpc) is 2.92. The topological polar surface area (TPSA) is 84.9 Å². The van der Waals surface area contributed by atoms with E-state index >= 15 is 0 Å². The Kier molecular flexibility index (Phi) is 8.33. The van der Waals surface area contributed by atoms with Gasteiger partial charge in [-0.3, -0.25) is 4.79 Å². The van der Waals surface area contributed by atoms with Crippen molar-refractivity contribution >= 4 is 11.9 Å². The van der Waals surface area contributed by atoms with Gasteiger partial charge in [0.05, 0.1) is 0 Å². The molecule has 0 saturated heterocycles. The number of nitrogens with one attached hydrogen (secondary N) is 1. The van der Waals surface area contributed by atoms with Gasteiger partial charge in [-0.1, -0.05) is 84.9 Å². The van der Waals surface area contributed by atoms with Crippen LogP contribution in [0, 0.1) is 0 Å². The van der Waals surface area contributed by atoms with Gasteiger partial charge in [-0.15, -0.1) is 0 Å². The van der Waals surface area contributed by atoms with E-state index in [-0.39, 0.29) is 6.42 Å². The number of amides is 1. The summed E-state index contributed by atoms with van der Waals surface area (Å²) >= 11 is 0. The number of hydrogen-bond donors (Lipinski definition) is 2. The minimum atomic E-state index is -1.12. The average molecular weight is 482 g/mol. The van der Waals surface area contributed by atoms with Gasteiger partial charge in [0.15, 0.2) is 11.5 Å². The third-order valence-corrected chi connectivity index (χ3v) is 5.56. The lowest BCUT2D eigenvalue weighted by Gasteiger charge is -2.17. The maximum atomic E-state index is 12.5. The van der Waals surface area contributed by atoms with Gasteiger partial charge in [-0.2, -0.15) is 0 Å². The van der Waals surface area contributed by atoms with Crippen LogP contribution in [0.2, 0.25) is 0 Å². The van der Waals surface area contributed by atoms with E-state index in [1.165, 1.54) is 0 Å². The molecule has 182 valence electrons. The van der Waals surface area contributed by atoms with Crippen LogP contribution >= 0.6 is 0 Å². The minimum Gasteiger partial charge on any atom is -0.485 e. The molecule has 4 aromatic rings. The molecular weight excluding hydrogens is 454 g/mol. The van der Waals surface area contributed by atoms with Gasteiger partial charge < -0.3 is 19.9 Å². The van der Waals surface area contributed by atoms with Crippen molar-refractivity contribution in [3.8, 4) is 11.5 Å². The highest BCUT2D eigenvalue weighted by atomic mass is 16.5. The third kappa shape index (κ3) is 6.96. The number of ether oxygens (including phenoxy) is 2. The Morgan fingerprint density at radius 3 is 1.75 bits per heavy atom. The Hall–Kier alpha value is -4.58. The molecule has 0 saturated carbocycles. The monoisotopic (exact) mass is 481 g/mol. The van der Waals surface area contributed by atoms with Gasteiger partial charge >= 0.3 is 5.97 Å². The molecular formula is C30H27NO5. The van der Waals surface area contributed by atoms with E-state index in [1.807, 2.05) is 60.7 Å². The predicted octanol–water partition coefficient (Wildman–Crippen LogP) is 5.27. The molecule has 0 aliphatic rings. The van der Waals surface area contributed by atoms with Crippen molar-refractivity contribution in [2.75, 3.05) is 0 Å². The number of benzene rings is 4. The van der Waals surface area contributed by atoms with E-state index in [0.29, 0.717) is 35.8 Å². The number of carbonyl (C=O) groups excluding carboxylic acids is 1. The second kappa shape index (κ2) is 12.2. The molecule has 0 aromatic heterocycles. The second-order valence-corrected chi connectivity index (χ2v) is 8.26. The predicted molar refractivity (Wildman–Crippen MR) is 137 cm³/mol. The lowest BCUT2D eigenvalue weighted by Crippen LogP contribution is -2.42. The van der Waals surface area contributed by atoms with E-state index in [1.54, 1.807) is 48.5 Å². The molecule has 1 atom stereocenters. The van der Waals surface area contributed by atoms with Crippen molar-refractivity contribution in [3.63, 3.8) is 0 Å². The molecule has 0 spiro atoms. The molecule has 6 nitrogen and oxygen atoms in total. The highest BCUT2D eigenvalue weighted by molar-refractivity contribution is 5.96. The third-order valence-electron chi connectivity index (χ3n) is 5.56. The highest BCUT2D eigenvalue weighted by Crippen LogP contribution is 2.30. The number of carboxylic acids is 1. The van der Waals surface area contributed by atoms with Crippen LogP contribution < -0.4 is 14.8 Å². The number of carbonyl (C=O) groups is 2. The fraction of sp³-hybridized carbons (Fsp3) is 0.133. The molecule has 0 radical (unpaired) electrons. The van der Waals surface area contributed by atoms with Crippen LogP contribution in [0.4, 0.5) is 0 Å². The largest absolute Gasteiger partial charge is 0.485 e. The summed E-state index contributed by atoms with van der Waals surface area (Å²) in [4.78, 5) is 24.5. The van der Waals surface area contributed by atoms with Gasteiger partial charge in [0.25, 0.3) is 5.91 Å². The van der Waals surface area contributed by atoms with Gasteiger partial charge in [-0.25, -0.2) is 4.79 Å². The molecule has 36 heavy (non-hydrogen) atoms. The van der Waals surface area contributed by atoms with Crippen LogP contribution in [0.1, 0.15) is 27.0 Å². The van der Waals surface area contributed by atoms with Crippen LogP contribution in [-0.4, -0.2) is 23.0 Å². The van der Waals surface area contributed by atoms with E-state index in [9.17, 15) is 14.7 Å². The Labute approximate surface area is 210 Å². The van der Waals surface area contributed by atoms with Crippen LogP contribution in [0.3, 0.4) is 0 Å². The molecule has 4 rings (SSSR count). The molecule has 1 unspecified atom stereocenters. The Morgan fingerprint density at radius 1 is 0.667 bits per heavy atom. The van der Waals surface area contributed by atoms with Crippen LogP contribution in [0.25, 0.3) is 0 Å². The fourth-order valence-electron chi connectivity index (χ4n) is 3.65. The summed E-state index contributed by atoms with van der Waals surface area (Å²) in [5.41, 5.74) is 3.12. The smallest absolute Gasteiger partial charge is 0.326 e. The lowest BCUT2D eigenvalue weighted by atomic mass is 10.0. The number of carboxylic acid groups (broad SMARTS) is 1. The molecule has 0 bridgehead atoms. The normalized spacial score (nSPS) is 11.3. The molecule has 0 aliphatic heterocycles. The Bertz CT molecular complexity index is 1280. The van der Waals surface area contributed by atoms with Crippen LogP contribution in [0.5, 0.6) is 11.5 Å². The molecule has 0 fully saturated rings. The maximum Gasteiger partial charge on any atom is 0.326 e. The minimum absolute atomic E-state index is 0.0918. The number of rotatable bonds is 11. The highest BCUT2D eigenvalue weighted by Gasteiger charge is 2.22. The summed E-state index contributed by atoms with van der Waals surface area (Å²) in [6, 6.07) is 32.3. The van der Waals surface area contributed by atoms with Crippen molar-refractivity contribution < 1.29 is 24.2 Å². The zero-order valence-corrected chi connectivity index (χ0v) is 19.7. The van der Waals surface area contributed by atoms with Crippen LogP contribution in [0.15, 0.2) is 109 Å². The van der Waals surface area contributed by atoms with Crippen LogP contribution in [-0.2, 0) is 24.4 Å². The van der Waals surface area contributed by atoms with Crippen molar-refractivity contribution in [1.29, 1.82) is 0 Å². The van der Waals surface area contributed by atoms with Crippen molar-refractivity contribution in [3.05, 3.63) is 131 Å². The first-order valence-corrected chi connectivity index (χ1v) is 11.6. The second-order valence-electron chi connectivity index (χ2n) is 8.26. The van der Waals surface area contributed by atoms with Gasteiger partial charge in [0.2, 0.25) is 0 Å². The van der Waals surface area contributed by atoms with Gasteiger partial charge in [0, 0.05) is 12.0 Å². The van der Waals surface area contributed by atoms with E-state index in [4.69, 9.17) is 9.47 Å². The van der Waals surface area contributed by atoms with E-state index in [2.05, 4.69) is 5.32 Å². The summed E-state index contributed by atoms with van der Waals surface area (Å²) in [7, 11) is 0. The van der Waals surface area contributed by atoms with E-state index < -0.39 is 17.9 Å². The van der Waals surface area contributed by atoms with Gasteiger partial charge in [-0.05, 0) is 41.0 Å². The summed E-state index contributed by atoms with van der Waals surface area (Å²) in [5, 5.41) is 12.4. The van der Waals surface area contributed by atoms with E-state index in [0.717, 1.165) is 11.1 Å². The molecule has 0 heterocycles.